The maximum atomic E-state index is 12.1. The van der Waals surface area contributed by atoms with Gasteiger partial charge in [0, 0.05) is 25.2 Å². The molecule has 6 nitrogen and oxygen atoms in total. The molecule has 2 fully saturated rings. The van der Waals surface area contributed by atoms with Crippen molar-refractivity contribution in [3.8, 4) is 0 Å². The zero-order valence-corrected chi connectivity index (χ0v) is 10.8. The molecule has 0 aromatic heterocycles. The van der Waals surface area contributed by atoms with Gasteiger partial charge in [0.25, 0.3) is 0 Å². The first-order valence-corrected chi connectivity index (χ1v) is 6.53. The van der Waals surface area contributed by atoms with E-state index in [2.05, 4.69) is 11.9 Å². The van der Waals surface area contributed by atoms with Crippen molar-refractivity contribution < 1.29 is 9.59 Å². The third-order valence-corrected chi connectivity index (χ3v) is 4.20. The fraction of sp³-hybridized carbons (Fsp3) is 0.833. The number of carbonyl (C=O) groups is 2. The average Bonchev–Trinajstić information content (AvgIpc) is 2.51. The summed E-state index contributed by atoms with van der Waals surface area (Å²) in [5.74, 6) is -0.668. The van der Waals surface area contributed by atoms with Crippen LogP contribution in [0.3, 0.4) is 0 Å². The van der Waals surface area contributed by atoms with Crippen LogP contribution in [0, 0.1) is 0 Å². The van der Waals surface area contributed by atoms with E-state index in [1.165, 1.54) is 6.42 Å². The smallest absolute Gasteiger partial charge is 0.240 e. The van der Waals surface area contributed by atoms with Crippen LogP contribution in [0.2, 0.25) is 0 Å². The molecule has 3 atom stereocenters. The second-order valence-electron chi connectivity index (χ2n) is 5.40. The summed E-state index contributed by atoms with van der Waals surface area (Å²) in [4.78, 5) is 27.1. The van der Waals surface area contributed by atoms with Gasteiger partial charge in [-0.3, -0.25) is 14.5 Å². The molecular formula is C12H22N4O2. The number of primary amides is 1. The van der Waals surface area contributed by atoms with Crippen molar-refractivity contribution in [1.29, 1.82) is 0 Å². The predicted molar refractivity (Wildman–Crippen MR) is 67.6 cm³/mol. The third-order valence-electron chi connectivity index (χ3n) is 4.20. The molecule has 4 N–H and O–H groups in total. The van der Waals surface area contributed by atoms with Crippen LogP contribution >= 0.6 is 0 Å². The van der Waals surface area contributed by atoms with Gasteiger partial charge in [0.05, 0.1) is 12.5 Å². The Hall–Kier alpha value is -1.14. The SMILES string of the molecule is CN1C2CCC1CN(C(=O)C(N)CC(N)=O)CC2. The van der Waals surface area contributed by atoms with Gasteiger partial charge in [-0.1, -0.05) is 0 Å². The topological polar surface area (TPSA) is 92.7 Å². The molecule has 18 heavy (non-hydrogen) atoms. The van der Waals surface area contributed by atoms with E-state index in [4.69, 9.17) is 11.5 Å². The van der Waals surface area contributed by atoms with Crippen LogP contribution < -0.4 is 11.5 Å². The lowest BCUT2D eigenvalue weighted by atomic mass is 10.1. The number of hydrogen-bond acceptors (Lipinski definition) is 4. The first-order chi connectivity index (χ1) is 8.49. The van der Waals surface area contributed by atoms with E-state index in [0.29, 0.717) is 12.1 Å². The maximum Gasteiger partial charge on any atom is 0.240 e. The molecule has 2 amide bonds. The zero-order valence-electron chi connectivity index (χ0n) is 10.8. The minimum Gasteiger partial charge on any atom is -0.370 e. The Kier molecular flexibility index (Phi) is 3.87. The van der Waals surface area contributed by atoms with Crippen molar-refractivity contribution in [3.05, 3.63) is 0 Å². The van der Waals surface area contributed by atoms with Crippen LogP contribution in [0.5, 0.6) is 0 Å². The number of nitrogens with two attached hydrogens (primary N) is 2. The van der Waals surface area contributed by atoms with Crippen LogP contribution in [0.1, 0.15) is 25.7 Å². The molecule has 0 saturated carbocycles. The lowest BCUT2D eigenvalue weighted by molar-refractivity contribution is -0.135. The van der Waals surface area contributed by atoms with Crippen LogP contribution in [0.15, 0.2) is 0 Å². The van der Waals surface area contributed by atoms with Crippen molar-refractivity contribution in [3.63, 3.8) is 0 Å². The molecule has 6 heteroatoms. The number of hydrogen-bond donors (Lipinski definition) is 2. The van der Waals surface area contributed by atoms with Gasteiger partial charge in [0.1, 0.15) is 0 Å². The number of rotatable bonds is 3. The molecule has 2 heterocycles. The van der Waals surface area contributed by atoms with Gasteiger partial charge in [-0.15, -0.1) is 0 Å². The highest BCUT2D eigenvalue weighted by Gasteiger charge is 2.36. The molecule has 0 aromatic carbocycles. The maximum absolute atomic E-state index is 12.1. The highest BCUT2D eigenvalue weighted by atomic mass is 16.2. The molecule has 2 rings (SSSR count). The lowest BCUT2D eigenvalue weighted by Crippen LogP contribution is -2.48. The second-order valence-corrected chi connectivity index (χ2v) is 5.40. The molecule has 0 aromatic rings. The largest absolute Gasteiger partial charge is 0.370 e. The molecule has 2 aliphatic heterocycles. The van der Waals surface area contributed by atoms with Crippen LogP contribution in [0.25, 0.3) is 0 Å². The van der Waals surface area contributed by atoms with Gasteiger partial charge < -0.3 is 16.4 Å². The molecule has 3 unspecified atom stereocenters. The van der Waals surface area contributed by atoms with E-state index >= 15 is 0 Å². The quantitative estimate of drug-likeness (QED) is 0.667. The molecule has 2 bridgehead atoms. The van der Waals surface area contributed by atoms with Crippen molar-refractivity contribution >= 4 is 11.8 Å². The Morgan fingerprint density at radius 2 is 1.94 bits per heavy atom. The van der Waals surface area contributed by atoms with E-state index in [1.807, 2.05) is 0 Å². The first-order valence-electron chi connectivity index (χ1n) is 6.53. The summed E-state index contributed by atoms with van der Waals surface area (Å²) in [6, 6.07) is 0.229. The number of nitrogens with zero attached hydrogens (tertiary/aromatic N) is 2. The van der Waals surface area contributed by atoms with Crippen LogP contribution in [0.4, 0.5) is 0 Å². The monoisotopic (exact) mass is 254 g/mol. The average molecular weight is 254 g/mol. The fourth-order valence-electron chi connectivity index (χ4n) is 3.05. The van der Waals surface area contributed by atoms with Crippen molar-refractivity contribution in [2.75, 3.05) is 20.1 Å². The molecule has 0 spiro atoms. The van der Waals surface area contributed by atoms with Crippen LogP contribution in [-0.2, 0) is 9.59 Å². The first kappa shape index (κ1) is 13.3. The number of likely N-dealkylation sites (N-methyl/N-ethyl adjacent to an activating group) is 1. The Balaban J connectivity index is 1.97. The highest BCUT2D eigenvalue weighted by molar-refractivity contribution is 5.87. The lowest BCUT2D eigenvalue weighted by Gasteiger charge is -2.27. The summed E-state index contributed by atoms with van der Waals surface area (Å²) < 4.78 is 0. The van der Waals surface area contributed by atoms with Crippen molar-refractivity contribution in [2.45, 2.75) is 43.8 Å². The normalized spacial score (nSPS) is 30.0. The van der Waals surface area contributed by atoms with Gasteiger partial charge in [-0.2, -0.15) is 0 Å². The summed E-state index contributed by atoms with van der Waals surface area (Å²) in [6.45, 7) is 1.45. The summed E-state index contributed by atoms with van der Waals surface area (Å²) in [5, 5.41) is 0. The second kappa shape index (κ2) is 5.24. The van der Waals surface area contributed by atoms with Crippen LogP contribution in [-0.4, -0.2) is 59.9 Å². The van der Waals surface area contributed by atoms with Crippen molar-refractivity contribution in [2.24, 2.45) is 11.5 Å². The van der Waals surface area contributed by atoms with E-state index in [-0.39, 0.29) is 12.3 Å². The Bertz CT molecular complexity index is 347. The van der Waals surface area contributed by atoms with Gasteiger partial charge >= 0.3 is 0 Å². The third kappa shape index (κ3) is 2.64. The summed E-state index contributed by atoms with van der Waals surface area (Å²) >= 11 is 0. The summed E-state index contributed by atoms with van der Waals surface area (Å²) in [7, 11) is 2.12. The number of fused-ring (bicyclic) bond motifs is 2. The Morgan fingerprint density at radius 1 is 1.28 bits per heavy atom. The van der Waals surface area contributed by atoms with Crippen molar-refractivity contribution in [1.82, 2.24) is 9.80 Å². The summed E-state index contributed by atoms with van der Waals surface area (Å²) in [6.07, 6.45) is 3.27. The number of likely N-dealkylation sites (tertiary alicyclic amines) is 1. The van der Waals surface area contributed by atoms with E-state index in [9.17, 15) is 9.59 Å². The molecular weight excluding hydrogens is 232 g/mol. The molecule has 0 aliphatic carbocycles. The fourth-order valence-corrected chi connectivity index (χ4v) is 3.05. The highest BCUT2D eigenvalue weighted by Crippen LogP contribution is 2.28. The Labute approximate surface area is 107 Å². The van der Waals surface area contributed by atoms with E-state index in [0.717, 1.165) is 25.9 Å². The number of carbonyl (C=O) groups excluding carboxylic acids is 2. The molecule has 2 aliphatic rings. The van der Waals surface area contributed by atoms with Gasteiger partial charge in [-0.25, -0.2) is 0 Å². The summed E-state index contributed by atoms with van der Waals surface area (Å²) in [5.41, 5.74) is 10.8. The molecule has 102 valence electrons. The van der Waals surface area contributed by atoms with E-state index in [1.54, 1.807) is 4.90 Å². The van der Waals surface area contributed by atoms with Gasteiger partial charge in [0.2, 0.25) is 11.8 Å². The molecule has 2 saturated heterocycles. The minimum atomic E-state index is -0.788. The van der Waals surface area contributed by atoms with Gasteiger partial charge in [-0.05, 0) is 26.3 Å². The standard InChI is InChI=1S/C12H22N4O2/c1-15-8-2-3-9(15)7-16(5-4-8)12(18)10(13)6-11(14)17/h8-10H,2-7,13H2,1H3,(H2,14,17). The predicted octanol–water partition coefficient (Wildman–Crippen LogP) is -1.12. The zero-order chi connectivity index (χ0) is 13.3. The Morgan fingerprint density at radius 3 is 2.61 bits per heavy atom. The molecule has 0 radical (unpaired) electrons. The van der Waals surface area contributed by atoms with E-state index < -0.39 is 11.9 Å². The number of amides is 2. The van der Waals surface area contributed by atoms with Gasteiger partial charge in [0.15, 0.2) is 0 Å². The minimum absolute atomic E-state index is 0.0702.